The van der Waals surface area contributed by atoms with Crippen LogP contribution in [0.25, 0.3) is 0 Å². The molecule has 200 valence electrons. The largest absolute Gasteiger partial charge is 0.463 e. The molecule has 2 atom stereocenters. The number of esters is 1. The molecule has 5 rings (SSSR count). The van der Waals surface area contributed by atoms with Crippen molar-refractivity contribution in [3.05, 3.63) is 110 Å². The highest BCUT2D eigenvalue weighted by atomic mass is 35.5. The van der Waals surface area contributed by atoms with E-state index in [0.29, 0.717) is 37.7 Å². The predicted molar refractivity (Wildman–Crippen MR) is 156 cm³/mol. The molecule has 1 amide bonds. The molecule has 2 heterocycles. The summed E-state index contributed by atoms with van der Waals surface area (Å²) < 4.78 is 5.49. The molecule has 0 aliphatic carbocycles. The van der Waals surface area contributed by atoms with Crippen molar-refractivity contribution in [1.29, 1.82) is 0 Å². The van der Waals surface area contributed by atoms with Crippen molar-refractivity contribution >= 4 is 58.1 Å². The van der Waals surface area contributed by atoms with Crippen LogP contribution in [0.2, 0.25) is 15.1 Å². The average Bonchev–Trinajstić information content (AvgIpc) is 3.29. The van der Waals surface area contributed by atoms with Crippen molar-refractivity contribution in [1.82, 2.24) is 5.32 Å². The third-order valence-electron chi connectivity index (χ3n) is 7.14. The van der Waals surface area contributed by atoms with Crippen LogP contribution in [-0.4, -0.2) is 29.7 Å². The molecule has 1 spiro atoms. The second-order valence-electron chi connectivity index (χ2n) is 9.58. The van der Waals surface area contributed by atoms with Gasteiger partial charge in [0.2, 0.25) is 0 Å². The molecule has 1 N–H and O–H groups in total. The summed E-state index contributed by atoms with van der Waals surface area (Å²) in [5.74, 6) is -1.81. The van der Waals surface area contributed by atoms with Crippen LogP contribution in [0, 0.1) is 6.92 Å². The second kappa shape index (κ2) is 10.7. The van der Waals surface area contributed by atoms with E-state index in [4.69, 9.17) is 44.6 Å². The molecule has 9 heteroatoms. The first-order valence-corrected chi connectivity index (χ1v) is 13.6. The Morgan fingerprint density at radius 2 is 1.67 bits per heavy atom. The molecule has 0 aromatic heterocycles. The summed E-state index contributed by atoms with van der Waals surface area (Å²) in [6, 6.07) is 20.1. The van der Waals surface area contributed by atoms with Crippen molar-refractivity contribution in [2.45, 2.75) is 38.6 Å². The Kier molecular flexibility index (Phi) is 7.47. The van der Waals surface area contributed by atoms with E-state index in [1.807, 2.05) is 31.2 Å². The molecule has 0 fully saturated rings. The number of hydrogen-bond acceptors (Lipinski definition) is 5. The Morgan fingerprint density at radius 1 is 1.03 bits per heavy atom. The summed E-state index contributed by atoms with van der Waals surface area (Å²) in [5.41, 5.74) is 2.92. The molecule has 0 bridgehead atoms. The van der Waals surface area contributed by atoms with Gasteiger partial charge in [0.05, 0.1) is 29.5 Å². The standard InChI is InChI=1S/C30H26Cl3N3O3/c1-4-39-28(37)25-18(3)34-29(38)30(27(25)26-22(32)6-5-7-23(26)33)16-24(19-10-8-17(2)9-11-19)35-36(30)21-14-12-20(31)13-15-21/h5-15,27H,4,16H2,1-3H3,(H,34,38)/t27-,30-/m1/s1. The number of allylic oxidation sites excluding steroid dienone is 1. The smallest absolute Gasteiger partial charge is 0.336 e. The number of nitrogens with zero attached hydrogens (tertiary/aromatic N) is 2. The topological polar surface area (TPSA) is 71.0 Å². The normalized spacial score (nSPS) is 20.8. The molecule has 0 unspecified atom stereocenters. The fourth-order valence-electron chi connectivity index (χ4n) is 5.33. The highest BCUT2D eigenvalue weighted by molar-refractivity contribution is 6.36. The Labute approximate surface area is 242 Å². The van der Waals surface area contributed by atoms with Gasteiger partial charge in [-0.3, -0.25) is 4.79 Å². The minimum Gasteiger partial charge on any atom is -0.463 e. The SMILES string of the molecule is CCOC(=O)C1=C(C)NC(=O)[C@@]2(CC(c3ccc(C)cc3)=NN2c2ccc(Cl)cc2)[C@H]1c1c(Cl)cccc1Cl. The third-order valence-corrected chi connectivity index (χ3v) is 8.05. The zero-order valence-electron chi connectivity index (χ0n) is 21.6. The van der Waals surface area contributed by atoms with Gasteiger partial charge in [-0.15, -0.1) is 0 Å². The first kappa shape index (κ1) is 27.3. The highest BCUT2D eigenvalue weighted by Crippen LogP contribution is 2.53. The van der Waals surface area contributed by atoms with Gasteiger partial charge in [-0.2, -0.15) is 5.10 Å². The van der Waals surface area contributed by atoms with Gasteiger partial charge in [0.25, 0.3) is 5.91 Å². The molecule has 39 heavy (non-hydrogen) atoms. The third kappa shape index (κ3) is 4.71. The van der Waals surface area contributed by atoms with Crippen LogP contribution >= 0.6 is 34.8 Å². The molecule has 0 saturated heterocycles. The molecular weight excluding hydrogens is 557 g/mol. The van der Waals surface area contributed by atoms with Crippen molar-refractivity contribution in [3.8, 4) is 0 Å². The maximum Gasteiger partial charge on any atom is 0.336 e. The average molecular weight is 583 g/mol. The number of amides is 1. The second-order valence-corrected chi connectivity index (χ2v) is 10.8. The molecule has 3 aromatic carbocycles. The van der Waals surface area contributed by atoms with Crippen molar-refractivity contribution < 1.29 is 14.3 Å². The van der Waals surface area contributed by atoms with Gasteiger partial charge < -0.3 is 10.1 Å². The molecule has 2 aliphatic rings. The van der Waals surface area contributed by atoms with E-state index in [9.17, 15) is 9.59 Å². The monoisotopic (exact) mass is 581 g/mol. The van der Waals surface area contributed by atoms with Crippen LogP contribution in [0.4, 0.5) is 5.69 Å². The van der Waals surface area contributed by atoms with Crippen LogP contribution in [0.1, 0.15) is 42.9 Å². The van der Waals surface area contributed by atoms with Crippen LogP contribution in [-0.2, 0) is 14.3 Å². The summed E-state index contributed by atoms with van der Waals surface area (Å²) in [5, 5.41) is 10.8. The lowest BCUT2D eigenvalue weighted by Crippen LogP contribution is -2.62. The van der Waals surface area contributed by atoms with E-state index in [2.05, 4.69) is 5.32 Å². The van der Waals surface area contributed by atoms with Crippen LogP contribution in [0.3, 0.4) is 0 Å². The zero-order valence-corrected chi connectivity index (χ0v) is 23.9. The van der Waals surface area contributed by atoms with Crippen molar-refractivity contribution in [3.63, 3.8) is 0 Å². The fourth-order valence-corrected chi connectivity index (χ4v) is 6.08. The summed E-state index contributed by atoms with van der Waals surface area (Å²) >= 11 is 19.8. The number of carbonyl (C=O) groups is 2. The van der Waals surface area contributed by atoms with Crippen LogP contribution in [0.15, 0.2) is 83.1 Å². The number of rotatable bonds is 5. The molecule has 0 radical (unpaired) electrons. The van der Waals surface area contributed by atoms with E-state index in [1.165, 1.54) is 0 Å². The number of benzene rings is 3. The first-order valence-electron chi connectivity index (χ1n) is 12.5. The summed E-state index contributed by atoms with van der Waals surface area (Å²) in [6.45, 7) is 5.57. The maximum absolute atomic E-state index is 14.3. The summed E-state index contributed by atoms with van der Waals surface area (Å²) in [6.07, 6.45) is 0.174. The van der Waals surface area contributed by atoms with Gasteiger partial charge in [-0.05, 0) is 62.7 Å². The van der Waals surface area contributed by atoms with Gasteiger partial charge in [0.1, 0.15) is 0 Å². The van der Waals surface area contributed by atoms with E-state index in [-0.39, 0.29) is 24.5 Å². The Bertz CT molecular complexity index is 1500. The Balaban J connectivity index is 1.82. The first-order chi connectivity index (χ1) is 18.7. The fraction of sp³-hybridized carbons (Fsp3) is 0.233. The van der Waals surface area contributed by atoms with Crippen molar-refractivity contribution in [2.75, 3.05) is 11.6 Å². The number of anilines is 1. The number of aryl methyl sites for hydroxylation is 1. The van der Waals surface area contributed by atoms with Gasteiger partial charge in [0, 0.05) is 32.7 Å². The summed E-state index contributed by atoms with van der Waals surface area (Å²) in [7, 11) is 0. The lowest BCUT2D eigenvalue weighted by Gasteiger charge is -2.46. The van der Waals surface area contributed by atoms with Gasteiger partial charge in [-0.1, -0.05) is 70.7 Å². The maximum atomic E-state index is 14.3. The number of hydrazone groups is 1. The Morgan fingerprint density at radius 3 is 2.28 bits per heavy atom. The van der Waals surface area contributed by atoms with Gasteiger partial charge in [-0.25, -0.2) is 9.80 Å². The minimum absolute atomic E-state index is 0.158. The number of hydrogen-bond donors (Lipinski definition) is 1. The number of halogens is 3. The van der Waals surface area contributed by atoms with Crippen LogP contribution < -0.4 is 10.3 Å². The lowest BCUT2D eigenvalue weighted by molar-refractivity contribution is -0.139. The number of nitrogens with one attached hydrogen (secondary N) is 1. The van der Waals surface area contributed by atoms with Gasteiger partial charge >= 0.3 is 5.97 Å². The van der Waals surface area contributed by atoms with E-state index in [1.54, 1.807) is 61.3 Å². The predicted octanol–water partition coefficient (Wildman–Crippen LogP) is 7.06. The van der Waals surface area contributed by atoms with E-state index < -0.39 is 17.4 Å². The zero-order chi connectivity index (χ0) is 27.9. The quantitative estimate of drug-likeness (QED) is 0.327. The molecular formula is C30H26Cl3N3O3. The minimum atomic E-state index is -1.44. The van der Waals surface area contributed by atoms with Crippen LogP contribution in [0.5, 0.6) is 0 Å². The Hall–Kier alpha value is -3.32. The van der Waals surface area contributed by atoms with Crippen molar-refractivity contribution in [2.24, 2.45) is 5.10 Å². The molecule has 6 nitrogen and oxygen atoms in total. The molecule has 0 saturated carbocycles. The highest BCUT2D eigenvalue weighted by Gasteiger charge is 2.61. The van der Waals surface area contributed by atoms with Gasteiger partial charge in [0.15, 0.2) is 5.54 Å². The lowest BCUT2D eigenvalue weighted by atomic mass is 9.68. The number of carbonyl (C=O) groups excluding carboxylic acids is 2. The molecule has 3 aromatic rings. The number of ether oxygens (including phenoxy) is 1. The van der Waals surface area contributed by atoms with E-state index in [0.717, 1.165) is 11.1 Å². The summed E-state index contributed by atoms with van der Waals surface area (Å²) in [4.78, 5) is 27.9. The molecule has 2 aliphatic heterocycles. The van der Waals surface area contributed by atoms with E-state index >= 15 is 0 Å².